The first-order valence-corrected chi connectivity index (χ1v) is 7.54. The maximum absolute atomic E-state index is 12.1. The molecule has 0 aliphatic rings. The van der Waals surface area contributed by atoms with Crippen molar-refractivity contribution in [2.24, 2.45) is 0 Å². The van der Waals surface area contributed by atoms with E-state index in [1.807, 2.05) is 30.5 Å². The molecule has 1 heterocycles. The van der Waals surface area contributed by atoms with Gasteiger partial charge in [-0.1, -0.05) is 39.0 Å². The lowest BCUT2D eigenvalue weighted by atomic mass is 9.86. The number of hydrogen-bond acceptors (Lipinski definition) is 3. The van der Waals surface area contributed by atoms with E-state index >= 15 is 0 Å². The Balaban J connectivity index is 2.12. The molecule has 4 heteroatoms. The van der Waals surface area contributed by atoms with Crippen LogP contribution in [0.5, 0.6) is 0 Å². The smallest absolute Gasteiger partial charge is 0.230 e. The van der Waals surface area contributed by atoms with Crippen LogP contribution in [0.4, 0.5) is 5.69 Å². The van der Waals surface area contributed by atoms with Crippen molar-refractivity contribution in [1.82, 2.24) is 4.98 Å². The predicted octanol–water partition coefficient (Wildman–Crippen LogP) is 3.93. The number of carbonyl (C=O) groups is 1. The van der Waals surface area contributed by atoms with E-state index in [4.69, 9.17) is 0 Å². The van der Waals surface area contributed by atoms with Crippen LogP contribution in [0.1, 0.15) is 37.0 Å². The molecule has 1 aromatic carbocycles. The van der Waals surface area contributed by atoms with E-state index in [0.29, 0.717) is 6.42 Å². The average Bonchev–Trinajstić information content (AvgIpc) is 2.73. The van der Waals surface area contributed by atoms with E-state index in [-0.39, 0.29) is 11.3 Å². The average molecular weight is 288 g/mol. The summed E-state index contributed by atoms with van der Waals surface area (Å²) in [5, 5.41) is 5.92. The lowest BCUT2D eigenvalue weighted by Gasteiger charge is -2.22. The number of aromatic nitrogens is 1. The van der Waals surface area contributed by atoms with Gasteiger partial charge in [0.25, 0.3) is 0 Å². The first-order valence-electron chi connectivity index (χ1n) is 6.66. The normalized spacial score (nSPS) is 11.4. The molecule has 1 aromatic heterocycles. The first kappa shape index (κ1) is 14.7. The molecule has 0 aliphatic heterocycles. The molecule has 0 saturated heterocycles. The molecule has 1 N–H and O–H groups in total. The van der Waals surface area contributed by atoms with Gasteiger partial charge >= 0.3 is 0 Å². The highest BCUT2D eigenvalue weighted by Crippen LogP contribution is 2.29. The Hall–Kier alpha value is -1.68. The lowest BCUT2D eigenvalue weighted by Crippen LogP contribution is -2.20. The van der Waals surface area contributed by atoms with Crippen LogP contribution < -0.4 is 5.32 Å². The molecule has 2 rings (SSSR count). The van der Waals surface area contributed by atoms with E-state index in [0.717, 1.165) is 22.0 Å². The number of rotatable bonds is 3. The topological polar surface area (TPSA) is 42.0 Å². The fourth-order valence-electron chi connectivity index (χ4n) is 2.09. The highest BCUT2D eigenvalue weighted by Gasteiger charge is 2.18. The van der Waals surface area contributed by atoms with Crippen molar-refractivity contribution >= 4 is 22.9 Å². The monoisotopic (exact) mass is 288 g/mol. The summed E-state index contributed by atoms with van der Waals surface area (Å²) in [6, 6.07) is 7.95. The van der Waals surface area contributed by atoms with Crippen LogP contribution in [0.3, 0.4) is 0 Å². The summed E-state index contributed by atoms with van der Waals surface area (Å²) in [4.78, 5) is 16.4. The molecule has 0 unspecified atom stereocenters. The van der Waals surface area contributed by atoms with Crippen molar-refractivity contribution < 1.29 is 4.79 Å². The molecule has 1 amide bonds. The van der Waals surface area contributed by atoms with Gasteiger partial charge < -0.3 is 5.32 Å². The summed E-state index contributed by atoms with van der Waals surface area (Å²) in [5.74, 6) is -0.0213. The number of carbonyl (C=O) groups excluding carboxylic acids is 1. The Morgan fingerprint density at radius 3 is 2.60 bits per heavy atom. The third-order valence-corrected chi connectivity index (χ3v) is 3.84. The minimum absolute atomic E-state index is 0.00108. The number of anilines is 1. The van der Waals surface area contributed by atoms with Crippen molar-refractivity contribution in [1.29, 1.82) is 0 Å². The molecule has 3 nitrogen and oxygen atoms in total. The largest absolute Gasteiger partial charge is 0.325 e. The Labute approximate surface area is 124 Å². The van der Waals surface area contributed by atoms with Gasteiger partial charge in [0.05, 0.1) is 17.1 Å². The van der Waals surface area contributed by atoms with Gasteiger partial charge in [0.2, 0.25) is 5.91 Å². The Morgan fingerprint density at radius 2 is 2.00 bits per heavy atom. The number of benzene rings is 1. The minimum Gasteiger partial charge on any atom is -0.325 e. The van der Waals surface area contributed by atoms with E-state index in [1.54, 1.807) is 11.3 Å². The quantitative estimate of drug-likeness (QED) is 0.929. The maximum atomic E-state index is 12.1. The number of hydrogen-bond donors (Lipinski definition) is 1. The van der Waals surface area contributed by atoms with Crippen molar-refractivity contribution in [3.8, 4) is 0 Å². The highest BCUT2D eigenvalue weighted by atomic mass is 32.1. The number of para-hydroxylation sites is 1. The lowest BCUT2D eigenvalue weighted by molar-refractivity contribution is -0.115. The fourth-order valence-corrected chi connectivity index (χ4v) is 2.71. The molecule has 0 saturated carbocycles. The van der Waals surface area contributed by atoms with Gasteiger partial charge in [-0.2, -0.15) is 0 Å². The maximum Gasteiger partial charge on any atom is 0.230 e. The van der Waals surface area contributed by atoms with Gasteiger partial charge in [-0.15, -0.1) is 11.3 Å². The molecule has 0 fully saturated rings. The van der Waals surface area contributed by atoms with Gasteiger partial charge in [-0.3, -0.25) is 4.79 Å². The molecule has 106 valence electrons. The minimum atomic E-state index is -0.0213. The number of aryl methyl sites for hydroxylation is 1. The van der Waals surface area contributed by atoms with Crippen LogP contribution in [-0.2, 0) is 16.6 Å². The Kier molecular flexibility index (Phi) is 4.23. The van der Waals surface area contributed by atoms with Crippen LogP contribution in [-0.4, -0.2) is 10.9 Å². The SMILES string of the molecule is Cc1nc(CC(=O)Nc2ccccc2C(C)(C)C)cs1. The number of thiazole rings is 1. The third-order valence-electron chi connectivity index (χ3n) is 3.02. The van der Waals surface area contributed by atoms with Crippen molar-refractivity contribution in [3.05, 3.63) is 45.9 Å². The summed E-state index contributed by atoms with van der Waals surface area (Å²) in [7, 11) is 0. The van der Waals surface area contributed by atoms with Gasteiger partial charge in [-0.05, 0) is 24.0 Å². The van der Waals surface area contributed by atoms with Crippen molar-refractivity contribution in [3.63, 3.8) is 0 Å². The molecule has 0 bridgehead atoms. The van der Waals surface area contributed by atoms with Crippen LogP contribution in [0, 0.1) is 6.92 Å². The summed E-state index contributed by atoms with van der Waals surface area (Å²) in [5.41, 5.74) is 2.86. The molecular weight excluding hydrogens is 268 g/mol. The Morgan fingerprint density at radius 1 is 1.30 bits per heavy atom. The van der Waals surface area contributed by atoms with Crippen LogP contribution >= 0.6 is 11.3 Å². The molecule has 0 radical (unpaired) electrons. The van der Waals surface area contributed by atoms with E-state index in [9.17, 15) is 4.79 Å². The number of nitrogens with zero attached hydrogens (tertiary/aromatic N) is 1. The standard InChI is InChI=1S/C16H20N2OS/c1-11-17-12(10-20-11)9-15(19)18-14-8-6-5-7-13(14)16(2,3)4/h5-8,10H,9H2,1-4H3,(H,18,19). The molecular formula is C16H20N2OS. The van der Waals surface area contributed by atoms with Crippen LogP contribution in [0.25, 0.3) is 0 Å². The van der Waals surface area contributed by atoms with Crippen LogP contribution in [0.2, 0.25) is 0 Å². The summed E-state index contributed by atoms with van der Waals surface area (Å²) >= 11 is 1.57. The summed E-state index contributed by atoms with van der Waals surface area (Å²) in [6.07, 6.45) is 0.322. The number of nitrogens with one attached hydrogen (secondary N) is 1. The van der Waals surface area contributed by atoms with Crippen LogP contribution in [0.15, 0.2) is 29.6 Å². The first-order chi connectivity index (χ1) is 9.36. The molecule has 0 aliphatic carbocycles. The zero-order chi connectivity index (χ0) is 14.8. The second-order valence-electron chi connectivity index (χ2n) is 5.88. The fraction of sp³-hybridized carbons (Fsp3) is 0.375. The van der Waals surface area contributed by atoms with Gasteiger partial charge in [0, 0.05) is 11.1 Å². The second-order valence-corrected chi connectivity index (χ2v) is 6.94. The second kappa shape index (κ2) is 5.75. The Bertz CT molecular complexity index is 611. The van der Waals surface area contributed by atoms with Crippen molar-refractivity contribution in [2.45, 2.75) is 39.5 Å². The number of amides is 1. The van der Waals surface area contributed by atoms with Gasteiger partial charge in [0.15, 0.2) is 0 Å². The van der Waals surface area contributed by atoms with E-state index < -0.39 is 0 Å². The van der Waals surface area contributed by atoms with E-state index in [1.165, 1.54) is 0 Å². The molecule has 0 spiro atoms. The summed E-state index contributed by atoms with van der Waals surface area (Å²) in [6.45, 7) is 8.37. The zero-order valence-corrected chi connectivity index (χ0v) is 13.2. The van der Waals surface area contributed by atoms with Crippen molar-refractivity contribution in [2.75, 3.05) is 5.32 Å². The third kappa shape index (κ3) is 3.67. The molecule has 0 atom stereocenters. The van der Waals surface area contributed by atoms with Gasteiger partial charge in [0.1, 0.15) is 0 Å². The van der Waals surface area contributed by atoms with E-state index in [2.05, 4.69) is 37.1 Å². The summed E-state index contributed by atoms with van der Waals surface area (Å²) < 4.78 is 0. The zero-order valence-electron chi connectivity index (χ0n) is 12.4. The predicted molar refractivity (Wildman–Crippen MR) is 84.3 cm³/mol. The highest BCUT2D eigenvalue weighted by molar-refractivity contribution is 7.09. The van der Waals surface area contributed by atoms with Gasteiger partial charge in [-0.25, -0.2) is 4.98 Å². The molecule has 20 heavy (non-hydrogen) atoms. The molecule has 2 aromatic rings.